The van der Waals surface area contributed by atoms with Crippen LogP contribution in [0.15, 0.2) is 24.3 Å². The van der Waals surface area contributed by atoms with Gasteiger partial charge < -0.3 is 14.4 Å². The minimum absolute atomic E-state index is 0.0379. The van der Waals surface area contributed by atoms with Crippen molar-refractivity contribution in [3.63, 3.8) is 0 Å². The molecule has 0 aliphatic rings. The van der Waals surface area contributed by atoms with Crippen LogP contribution in [0.4, 0.5) is 5.69 Å². The van der Waals surface area contributed by atoms with Crippen molar-refractivity contribution in [1.82, 2.24) is 0 Å². The Bertz CT molecular complexity index is 352. The molecule has 0 heterocycles. The molecule has 4 nitrogen and oxygen atoms in total. The maximum atomic E-state index is 11.4. The first-order valence-electron chi connectivity index (χ1n) is 5.03. The number of rotatable bonds is 6. The van der Waals surface area contributed by atoms with Crippen molar-refractivity contribution >= 4 is 11.5 Å². The summed E-state index contributed by atoms with van der Waals surface area (Å²) in [7, 11) is 4.98. The second kappa shape index (κ2) is 6.12. The van der Waals surface area contributed by atoms with Crippen molar-refractivity contribution in [3.8, 4) is 5.75 Å². The summed E-state index contributed by atoms with van der Waals surface area (Å²) in [6, 6.07) is 7.59. The Balaban J connectivity index is 2.72. The van der Waals surface area contributed by atoms with Crippen LogP contribution in [-0.2, 0) is 9.53 Å². The van der Waals surface area contributed by atoms with Gasteiger partial charge in [-0.2, -0.15) is 0 Å². The molecule has 0 radical (unpaired) electrons. The van der Waals surface area contributed by atoms with Crippen molar-refractivity contribution in [2.75, 3.05) is 39.3 Å². The van der Waals surface area contributed by atoms with Crippen LogP contribution in [-0.4, -0.2) is 40.2 Å². The average Bonchev–Trinajstić information content (AvgIpc) is 2.29. The first-order valence-corrected chi connectivity index (χ1v) is 5.03. The molecule has 1 rings (SSSR count). The first kappa shape index (κ1) is 12.5. The summed E-state index contributed by atoms with van der Waals surface area (Å²) in [5.41, 5.74) is 0.898. The molecule has 0 amide bonds. The Morgan fingerprint density at radius 2 is 2.00 bits per heavy atom. The number of Topliss-reactive ketones (excluding diaryl/α,β-unsaturated/α-hetero) is 1. The normalized spacial score (nSPS) is 9.94. The molecule has 0 saturated carbocycles. The van der Waals surface area contributed by atoms with Gasteiger partial charge in [0.15, 0.2) is 5.78 Å². The van der Waals surface area contributed by atoms with Gasteiger partial charge in [-0.05, 0) is 12.1 Å². The van der Waals surface area contributed by atoms with Crippen molar-refractivity contribution < 1.29 is 14.3 Å². The number of benzene rings is 1. The van der Waals surface area contributed by atoms with Crippen LogP contribution in [0, 0.1) is 0 Å². The second-order valence-corrected chi connectivity index (χ2v) is 3.50. The lowest BCUT2D eigenvalue weighted by Crippen LogP contribution is -2.28. The molecule has 0 bridgehead atoms. The summed E-state index contributed by atoms with van der Waals surface area (Å²) in [4.78, 5) is 13.3. The fourth-order valence-corrected chi connectivity index (χ4v) is 1.50. The van der Waals surface area contributed by atoms with Gasteiger partial charge in [0.2, 0.25) is 0 Å². The van der Waals surface area contributed by atoms with E-state index in [1.165, 1.54) is 7.11 Å². The van der Waals surface area contributed by atoms with E-state index in [-0.39, 0.29) is 12.4 Å². The fourth-order valence-electron chi connectivity index (χ4n) is 1.50. The van der Waals surface area contributed by atoms with Gasteiger partial charge in [0.1, 0.15) is 12.4 Å². The first-order chi connectivity index (χ1) is 7.69. The van der Waals surface area contributed by atoms with E-state index < -0.39 is 0 Å². The number of carbonyl (C=O) groups excluding carboxylic acids is 1. The number of carbonyl (C=O) groups is 1. The molecule has 0 aliphatic carbocycles. The number of ether oxygens (including phenoxy) is 2. The van der Waals surface area contributed by atoms with Gasteiger partial charge in [-0.3, -0.25) is 4.79 Å². The monoisotopic (exact) mass is 223 g/mol. The topological polar surface area (TPSA) is 38.8 Å². The third-order valence-corrected chi connectivity index (χ3v) is 2.22. The lowest BCUT2D eigenvalue weighted by atomic mass is 10.2. The van der Waals surface area contributed by atoms with Gasteiger partial charge >= 0.3 is 0 Å². The molecule has 16 heavy (non-hydrogen) atoms. The van der Waals surface area contributed by atoms with Gasteiger partial charge in [0.05, 0.1) is 19.3 Å². The minimum Gasteiger partial charge on any atom is -0.495 e. The van der Waals surface area contributed by atoms with E-state index in [1.54, 1.807) is 7.11 Å². The molecule has 0 fully saturated rings. The number of nitrogens with zero attached hydrogens (tertiary/aromatic N) is 1. The van der Waals surface area contributed by atoms with Gasteiger partial charge in [0.25, 0.3) is 0 Å². The maximum absolute atomic E-state index is 11.4. The van der Waals surface area contributed by atoms with E-state index in [0.29, 0.717) is 6.54 Å². The molecule has 0 atom stereocenters. The summed E-state index contributed by atoms with van der Waals surface area (Å²) < 4.78 is 10.0. The molecule has 4 heteroatoms. The Morgan fingerprint density at radius 1 is 1.31 bits per heavy atom. The Morgan fingerprint density at radius 3 is 2.62 bits per heavy atom. The molecule has 1 aromatic carbocycles. The largest absolute Gasteiger partial charge is 0.495 e. The van der Waals surface area contributed by atoms with Crippen molar-refractivity contribution in [2.45, 2.75) is 0 Å². The lowest BCUT2D eigenvalue weighted by Gasteiger charge is -2.20. The van der Waals surface area contributed by atoms with E-state index in [1.807, 2.05) is 36.2 Å². The zero-order valence-electron chi connectivity index (χ0n) is 9.90. The Hall–Kier alpha value is -1.55. The maximum Gasteiger partial charge on any atom is 0.177 e. The molecule has 0 unspecified atom stereocenters. The molecule has 0 aromatic heterocycles. The summed E-state index contributed by atoms with van der Waals surface area (Å²) in [5, 5.41) is 0. The third kappa shape index (κ3) is 3.24. The van der Waals surface area contributed by atoms with Crippen LogP contribution in [0.5, 0.6) is 5.75 Å². The number of para-hydroxylation sites is 2. The van der Waals surface area contributed by atoms with Crippen LogP contribution >= 0.6 is 0 Å². The zero-order chi connectivity index (χ0) is 12.0. The highest BCUT2D eigenvalue weighted by atomic mass is 16.5. The van der Waals surface area contributed by atoms with Crippen LogP contribution in [0.2, 0.25) is 0 Å². The molecule has 0 spiro atoms. The van der Waals surface area contributed by atoms with Gasteiger partial charge in [-0.25, -0.2) is 0 Å². The molecule has 0 aliphatic heterocycles. The minimum atomic E-state index is 0.0379. The zero-order valence-corrected chi connectivity index (χ0v) is 9.90. The molecular formula is C12H17NO3. The summed E-state index contributed by atoms with van der Waals surface area (Å²) >= 11 is 0. The van der Waals surface area contributed by atoms with Gasteiger partial charge in [0, 0.05) is 14.2 Å². The van der Waals surface area contributed by atoms with E-state index in [0.717, 1.165) is 11.4 Å². The average molecular weight is 223 g/mol. The quantitative estimate of drug-likeness (QED) is 0.729. The fraction of sp³-hybridized carbons (Fsp3) is 0.417. The molecule has 0 saturated heterocycles. The van der Waals surface area contributed by atoms with Gasteiger partial charge in [-0.1, -0.05) is 12.1 Å². The van der Waals surface area contributed by atoms with Crippen LogP contribution in [0.25, 0.3) is 0 Å². The standard InChI is InChI=1S/C12H17NO3/c1-13(8-10(14)9-15-2)11-6-4-5-7-12(11)16-3/h4-7H,8-9H2,1-3H3. The SMILES string of the molecule is COCC(=O)CN(C)c1ccccc1OC. The highest BCUT2D eigenvalue weighted by Gasteiger charge is 2.10. The van der Waals surface area contributed by atoms with E-state index >= 15 is 0 Å². The summed E-state index contributed by atoms with van der Waals surface area (Å²) in [5.74, 6) is 0.797. The van der Waals surface area contributed by atoms with Crippen LogP contribution < -0.4 is 9.64 Å². The van der Waals surface area contributed by atoms with E-state index in [2.05, 4.69) is 0 Å². The predicted octanol–water partition coefficient (Wildman–Crippen LogP) is 1.35. The Kier molecular flexibility index (Phi) is 4.79. The number of ketones is 1. The number of hydrogen-bond acceptors (Lipinski definition) is 4. The van der Waals surface area contributed by atoms with E-state index in [9.17, 15) is 4.79 Å². The van der Waals surface area contributed by atoms with Crippen LogP contribution in [0.1, 0.15) is 0 Å². The Labute approximate surface area is 95.8 Å². The molecule has 1 aromatic rings. The van der Waals surface area contributed by atoms with Crippen molar-refractivity contribution in [2.24, 2.45) is 0 Å². The van der Waals surface area contributed by atoms with Crippen molar-refractivity contribution in [3.05, 3.63) is 24.3 Å². The lowest BCUT2D eigenvalue weighted by molar-refractivity contribution is -0.121. The molecule has 88 valence electrons. The van der Waals surface area contributed by atoms with Crippen LogP contribution in [0.3, 0.4) is 0 Å². The third-order valence-electron chi connectivity index (χ3n) is 2.22. The summed E-state index contributed by atoms with van der Waals surface area (Å²) in [6.07, 6.45) is 0. The molecule has 0 N–H and O–H groups in total. The number of anilines is 1. The smallest absolute Gasteiger partial charge is 0.177 e. The van der Waals surface area contributed by atoms with Gasteiger partial charge in [-0.15, -0.1) is 0 Å². The van der Waals surface area contributed by atoms with Crippen molar-refractivity contribution in [1.29, 1.82) is 0 Å². The number of likely N-dealkylation sites (N-methyl/N-ethyl adjacent to an activating group) is 1. The molecular weight excluding hydrogens is 206 g/mol. The highest BCUT2D eigenvalue weighted by Crippen LogP contribution is 2.26. The van der Waals surface area contributed by atoms with E-state index in [4.69, 9.17) is 9.47 Å². The summed E-state index contributed by atoms with van der Waals surface area (Å²) in [6.45, 7) is 0.452. The highest BCUT2D eigenvalue weighted by molar-refractivity contribution is 5.85. The number of methoxy groups -OCH3 is 2. The predicted molar refractivity (Wildman–Crippen MR) is 63.1 cm³/mol. The number of hydrogen-bond donors (Lipinski definition) is 0. The second-order valence-electron chi connectivity index (χ2n) is 3.50.